The van der Waals surface area contributed by atoms with E-state index in [2.05, 4.69) is 27.1 Å². The van der Waals surface area contributed by atoms with Gasteiger partial charge in [0, 0.05) is 70.8 Å². The number of alkyl halides is 3. The second-order valence-corrected chi connectivity index (χ2v) is 16.2. The Morgan fingerprint density at radius 2 is 1.87 bits per heavy atom. The molecule has 1 saturated carbocycles. The number of ether oxygens (including phenoxy) is 2. The lowest BCUT2D eigenvalue weighted by Crippen LogP contribution is -2.66. The molecule has 0 amide bonds. The monoisotopic (exact) mass is 792 g/mol. The van der Waals surface area contributed by atoms with Gasteiger partial charge in [0.05, 0.1) is 10.7 Å². The average Bonchev–Trinajstić information content (AvgIpc) is 3.48. The van der Waals surface area contributed by atoms with Gasteiger partial charge in [0.15, 0.2) is 18.4 Å². The standard InChI is InChI=1S/C38H48ClF3N6O7/c1-20-17-26-24(21(2)19-47-13-15-48(16-14-47)35-43-12-11-29(45-35)38(40,41)42)10-9-22(3)37(26,52)32(31(20)53-23(4)49)54-33(50)28-18-36(51)25-7-6-8-27(39)30(25)46(5)55-34(36)44-28/h6-8,11-12,17,21-22,24,26,28,31-32,34,44,51-52H,9-10,13-16,18-19H2,1-5H3/t21-,22+,24-,26+,28-,31+,32-,34+,36+,37+/m0/s1. The number of hydrogen-bond donors (Lipinski definition) is 3. The number of hydrogen-bond acceptors (Lipinski definition) is 13. The molecule has 3 aliphatic heterocycles. The predicted molar refractivity (Wildman–Crippen MR) is 195 cm³/mol. The molecule has 17 heteroatoms. The van der Waals surface area contributed by atoms with Crippen molar-refractivity contribution in [2.24, 2.45) is 23.7 Å². The van der Waals surface area contributed by atoms with Crippen molar-refractivity contribution in [1.82, 2.24) is 20.2 Å². The molecule has 2 aliphatic carbocycles. The van der Waals surface area contributed by atoms with Gasteiger partial charge in [-0.1, -0.05) is 43.7 Å². The number of fused-ring (bicyclic) bond motifs is 4. The lowest BCUT2D eigenvalue weighted by Gasteiger charge is -2.56. The molecule has 3 fully saturated rings. The van der Waals surface area contributed by atoms with Gasteiger partial charge in [-0.3, -0.25) is 29.7 Å². The quantitative estimate of drug-likeness (QED) is 0.274. The largest absolute Gasteiger partial charge is 0.454 e. The number of para-hydroxylation sites is 1. The van der Waals surface area contributed by atoms with Crippen LogP contribution in [0.15, 0.2) is 42.1 Å². The Morgan fingerprint density at radius 1 is 1.15 bits per heavy atom. The first kappa shape index (κ1) is 39.7. The Hall–Kier alpha value is -3.54. The van der Waals surface area contributed by atoms with Crippen LogP contribution in [0.1, 0.15) is 58.2 Å². The molecule has 2 aromatic rings. The van der Waals surface area contributed by atoms with Gasteiger partial charge in [-0.25, -0.2) is 9.97 Å². The molecule has 5 aliphatic rings. The van der Waals surface area contributed by atoms with E-state index < -0.39 is 65.4 Å². The number of benzene rings is 1. The van der Waals surface area contributed by atoms with Crippen molar-refractivity contribution < 1.29 is 47.3 Å². The summed E-state index contributed by atoms with van der Waals surface area (Å²) in [5.41, 5.74) is -2.55. The second kappa shape index (κ2) is 14.8. The van der Waals surface area contributed by atoms with E-state index in [0.717, 1.165) is 18.7 Å². The van der Waals surface area contributed by atoms with Crippen molar-refractivity contribution in [3.63, 3.8) is 0 Å². The van der Waals surface area contributed by atoms with Crippen molar-refractivity contribution in [1.29, 1.82) is 0 Å². The maximum Gasteiger partial charge on any atom is 0.433 e. The Labute approximate surface area is 322 Å². The Morgan fingerprint density at radius 3 is 2.56 bits per heavy atom. The van der Waals surface area contributed by atoms with Crippen LogP contribution in [0, 0.1) is 23.7 Å². The minimum absolute atomic E-state index is 0.0427. The van der Waals surface area contributed by atoms with Gasteiger partial charge in [-0.15, -0.1) is 0 Å². The third-order valence-electron chi connectivity index (χ3n) is 12.4. The Bertz CT molecular complexity index is 1830. The van der Waals surface area contributed by atoms with E-state index in [4.69, 9.17) is 25.9 Å². The van der Waals surface area contributed by atoms with Crippen molar-refractivity contribution >= 4 is 35.2 Å². The number of hydroxylamine groups is 1. The van der Waals surface area contributed by atoms with Crippen molar-refractivity contribution in [3.05, 3.63) is 58.4 Å². The average molecular weight is 793 g/mol. The number of aromatic nitrogens is 2. The highest BCUT2D eigenvalue weighted by atomic mass is 35.5. The third kappa shape index (κ3) is 7.18. The summed E-state index contributed by atoms with van der Waals surface area (Å²) in [6.07, 6.45) is -3.42. The highest BCUT2D eigenvalue weighted by molar-refractivity contribution is 6.33. The third-order valence-corrected chi connectivity index (χ3v) is 12.7. The van der Waals surface area contributed by atoms with Gasteiger partial charge in [0.2, 0.25) is 5.95 Å². The lowest BCUT2D eigenvalue weighted by atomic mass is 9.55. The summed E-state index contributed by atoms with van der Waals surface area (Å²) in [4.78, 5) is 44.4. The number of piperazine rings is 1. The molecule has 0 unspecified atom stereocenters. The first-order chi connectivity index (χ1) is 25.9. The van der Waals surface area contributed by atoms with Gasteiger partial charge in [-0.2, -0.15) is 13.2 Å². The SMILES string of the molecule is CC(=O)O[C@@H]1C(C)=C[C@@H]2[C@H]([C@@H](C)CN3CCN(c4nccc(C(F)(F)F)n4)CC3)CC[C@@H](C)[C@]2(O)[C@H]1OC(=O)[C@@H]1C[C@@]2(O)c3cccc(Cl)c3N(C)O[C@H]2N1. The molecular weight excluding hydrogens is 745 g/mol. The van der Waals surface area contributed by atoms with Gasteiger partial charge in [0.1, 0.15) is 22.9 Å². The summed E-state index contributed by atoms with van der Waals surface area (Å²) in [5, 5.41) is 29.7. The Kier molecular flexibility index (Phi) is 10.6. The highest BCUT2D eigenvalue weighted by Crippen LogP contribution is 2.53. The molecule has 0 bridgehead atoms. The van der Waals surface area contributed by atoms with Crippen LogP contribution in [0.4, 0.5) is 24.8 Å². The van der Waals surface area contributed by atoms with Crippen molar-refractivity contribution in [2.75, 3.05) is 49.7 Å². The summed E-state index contributed by atoms with van der Waals surface area (Å²) in [6, 6.07) is 4.96. The van der Waals surface area contributed by atoms with Crippen LogP contribution in [0.3, 0.4) is 0 Å². The zero-order chi connectivity index (χ0) is 39.6. The summed E-state index contributed by atoms with van der Waals surface area (Å²) in [6.45, 7) is 9.86. The molecule has 4 heterocycles. The van der Waals surface area contributed by atoms with E-state index in [1.807, 2.05) is 13.0 Å². The van der Waals surface area contributed by atoms with Gasteiger partial charge in [-0.05, 0) is 55.2 Å². The fourth-order valence-electron chi connectivity index (χ4n) is 9.49. The van der Waals surface area contributed by atoms with Crippen LogP contribution >= 0.6 is 11.6 Å². The van der Waals surface area contributed by atoms with Gasteiger partial charge >= 0.3 is 18.1 Å². The number of esters is 2. The summed E-state index contributed by atoms with van der Waals surface area (Å²) < 4.78 is 51.9. The maximum atomic E-state index is 14.2. The van der Waals surface area contributed by atoms with Crippen LogP contribution in [0.5, 0.6) is 0 Å². The van der Waals surface area contributed by atoms with E-state index in [1.165, 1.54) is 12.0 Å². The molecule has 1 aromatic heterocycles. The van der Waals surface area contributed by atoms with Crippen LogP contribution < -0.4 is 15.3 Å². The van der Waals surface area contributed by atoms with E-state index >= 15 is 0 Å². The number of nitrogens with one attached hydrogen (secondary N) is 1. The zero-order valence-electron chi connectivity index (χ0n) is 31.4. The number of halogens is 4. The number of anilines is 2. The normalized spacial score (nSPS) is 34.2. The Balaban J connectivity index is 1.08. The zero-order valence-corrected chi connectivity index (χ0v) is 32.2. The number of rotatable bonds is 7. The summed E-state index contributed by atoms with van der Waals surface area (Å²) in [7, 11) is 1.66. The van der Waals surface area contributed by atoms with Crippen LogP contribution in [0.2, 0.25) is 5.02 Å². The van der Waals surface area contributed by atoms with Crippen LogP contribution in [-0.4, -0.2) is 107 Å². The second-order valence-electron chi connectivity index (χ2n) is 15.8. The molecule has 0 spiro atoms. The first-order valence-corrected chi connectivity index (χ1v) is 19.1. The van der Waals surface area contributed by atoms with Crippen LogP contribution in [-0.2, 0) is 35.7 Å². The molecule has 300 valence electrons. The summed E-state index contributed by atoms with van der Waals surface area (Å²) in [5.74, 6) is -2.05. The fraction of sp³-hybridized carbons (Fsp3) is 0.632. The smallest absolute Gasteiger partial charge is 0.433 e. The number of aliphatic hydroxyl groups is 2. The van der Waals surface area contributed by atoms with E-state index in [9.17, 15) is 33.0 Å². The van der Waals surface area contributed by atoms with Crippen LogP contribution in [0.25, 0.3) is 0 Å². The molecule has 3 N–H and O–H groups in total. The first-order valence-electron chi connectivity index (χ1n) is 18.8. The fourth-order valence-corrected chi connectivity index (χ4v) is 9.79. The van der Waals surface area contributed by atoms with Gasteiger partial charge in [0.25, 0.3) is 0 Å². The van der Waals surface area contributed by atoms with E-state index in [1.54, 1.807) is 37.1 Å². The minimum Gasteiger partial charge on any atom is -0.454 e. The lowest BCUT2D eigenvalue weighted by molar-refractivity contribution is -0.225. The topological polar surface area (TPSA) is 150 Å². The number of nitrogens with zero attached hydrogens (tertiary/aromatic N) is 5. The number of carbonyl (C=O) groups excluding carboxylic acids is 2. The molecule has 55 heavy (non-hydrogen) atoms. The number of carbonyl (C=O) groups is 2. The summed E-state index contributed by atoms with van der Waals surface area (Å²) >= 11 is 6.46. The molecular formula is C38H48ClF3N6O7. The predicted octanol–water partition coefficient (Wildman–Crippen LogP) is 4.06. The van der Waals surface area contributed by atoms with E-state index in [0.29, 0.717) is 61.0 Å². The molecule has 7 rings (SSSR count). The maximum absolute atomic E-state index is 14.2. The highest BCUT2D eigenvalue weighted by Gasteiger charge is 2.62. The molecule has 13 nitrogen and oxygen atoms in total. The molecule has 0 radical (unpaired) electrons. The van der Waals surface area contributed by atoms with Crippen molar-refractivity contribution in [3.8, 4) is 0 Å². The minimum atomic E-state index is -4.56. The van der Waals surface area contributed by atoms with E-state index in [-0.39, 0.29) is 30.1 Å². The molecule has 1 aromatic carbocycles. The molecule has 2 saturated heterocycles. The molecule has 10 atom stereocenters. The van der Waals surface area contributed by atoms with Crippen molar-refractivity contribution in [2.45, 2.75) is 88.8 Å². The van der Waals surface area contributed by atoms with Gasteiger partial charge < -0.3 is 24.6 Å².